The maximum Gasteiger partial charge on any atom is 0.317 e. The molecule has 9 nitrogen and oxygen atoms in total. The molecule has 0 bridgehead atoms. The van der Waals surface area contributed by atoms with Crippen LogP contribution in [0.25, 0.3) is 22.2 Å². The van der Waals surface area contributed by atoms with Crippen molar-refractivity contribution in [1.29, 1.82) is 0 Å². The first-order valence-corrected chi connectivity index (χ1v) is 13.4. The first kappa shape index (κ1) is 25.2. The van der Waals surface area contributed by atoms with E-state index in [1.807, 2.05) is 46.7 Å². The number of urea groups is 1. The van der Waals surface area contributed by atoms with Crippen molar-refractivity contribution in [3.8, 4) is 11.1 Å². The molecular formula is C28H36N6O3. The number of likely N-dealkylation sites (tertiary alicyclic amines) is 1. The summed E-state index contributed by atoms with van der Waals surface area (Å²) in [6.45, 7) is 7.37. The monoisotopic (exact) mass is 504 g/mol. The van der Waals surface area contributed by atoms with E-state index >= 15 is 0 Å². The van der Waals surface area contributed by atoms with E-state index in [1.54, 1.807) is 6.20 Å². The van der Waals surface area contributed by atoms with Crippen LogP contribution in [0.4, 0.5) is 10.7 Å². The van der Waals surface area contributed by atoms with Gasteiger partial charge >= 0.3 is 6.03 Å². The molecule has 2 aromatic heterocycles. The Bertz CT molecular complexity index is 1320. The summed E-state index contributed by atoms with van der Waals surface area (Å²) in [7, 11) is 0. The highest BCUT2D eigenvalue weighted by atomic mass is 16.5. The lowest BCUT2D eigenvalue weighted by Gasteiger charge is -2.26. The van der Waals surface area contributed by atoms with Gasteiger partial charge in [-0.2, -0.15) is 4.98 Å². The van der Waals surface area contributed by atoms with Gasteiger partial charge in [-0.3, -0.25) is 9.36 Å². The molecule has 2 aliphatic heterocycles. The first-order valence-electron chi connectivity index (χ1n) is 13.4. The van der Waals surface area contributed by atoms with Crippen LogP contribution in [0.5, 0.6) is 0 Å². The van der Waals surface area contributed by atoms with E-state index in [4.69, 9.17) is 9.72 Å². The molecule has 0 radical (unpaired) electrons. The second-order valence-corrected chi connectivity index (χ2v) is 10.0. The van der Waals surface area contributed by atoms with Gasteiger partial charge in [-0.1, -0.05) is 37.6 Å². The van der Waals surface area contributed by atoms with Gasteiger partial charge in [-0.25, -0.2) is 9.78 Å². The minimum absolute atomic E-state index is 0.0178. The number of aryl methyl sites for hydroxylation is 1. The number of carbonyl (C=O) groups is 1. The number of fused-ring (bicyclic) bond motifs is 1. The van der Waals surface area contributed by atoms with Gasteiger partial charge in [0, 0.05) is 62.1 Å². The number of ether oxygens (including phenoxy) is 1. The Balaban J connectivity index is 1.44. The van der Waals surface area contributed by atoms with E-state index in [0.717, 1.165) is 48.6 Å². The van der Waals surface area contributed by atoms with Gasteiger partial charge < -0.3 is 20.3 Å². The number of unbranched alkanes of at least 4 members (excludes halogenated alkanes) is 1. The van der Waals surface area contributed by atoms with Crippen LogP contribution in [0.15, 0.2) is 41.3 Å². The van der Waals surface area contributed by atoms with Gasteiger partial charge in [0.1, 0.15) is 5.65 Å². The van der Waals surface area contributed by atoms with Crippen LogP contribution in [0.1, 0.15) is 50.6 Å². The van der Waals surface area contributed by atoms with Gasteiger partial charge in [0.15, 0.2) is 0 Å². The van der Waals surface area contributed by atoms with Crippen LogP contribution >= 0.6 is 0 Å². The molecule has 9 heteroatoms. The largest absolute Gasteiger partial charge is 0.381 e. The molecule has 2 saturated heterocycles. The van der Waals surface area contributed by atoms with E-state index in [0.29, 0.717) is 50.0 Å². The number of anilines is 1. The number of rotatable bonds is 7. The fourth-order valence-corrected chi connectivity index (χ4v) is 5.27. The smallest absolute Gasteiger partial charge is 0.317 e. The Labute approximate surface area is 217 Å². The maximum absolute atomic E-state index is 13.9. The topological polar surface area (TPSA) is 101 Å². The van der Waals surface area contributed by atoms with Crippen molar-refractivity contribution >= 4 is 23.0 Å². The Hall–Kier alpha value is -3.46. The summed E-state index contributed by atoms with van der Waals surface area (Å²) in [5.74, 6) is 0.481. The molecule has 3 aromatic rings. The Morgan fingerprint density at radius 2 is 1.97 bits per heavy atom. The van der Waals surface area contributed by atoms with Crippen molar-refractivity contribution < 1.29 is 9.53 Å². The number of pyridine rings is 1. The predicted octanol–water partition coefficient (Wildman–Crippen LogP) is 4.11. The molecular weight excluding hydrogens is 468 g/mol. The van der Waals surface area contributed by atoms with Crippen molar-refractivity contribution in [2.24, 2.45) is 0 Å². The first-order chi connectivity index (χ1) is 18.0. The molecule has 0 saturated carbocycles. The predicted molar refractivity (Wildman–Crippen MR) is 145 cm³/mol. The summed E-state index contributed by atoms with van der Waals surface area (Å²) in [6, 6.07) is 9.93. The van der Waals surface area contributed by atoms with Crippen LogP contribution < -0.4 is 16.2 Å². The summed E-state index contributed by atoms with van der Waals surface area (Å²) in [5, 5.41) is 7.22. The zero-order valence-electron chi connectivity index (χ0n) is 21.7. The Kier molecular flexibility index (Phi) is 7.69. The fourth-order valence-electron chi connectivity index (χ4n) is 5.27. The van der Waals surface area contributed by atoms with Crippen molar-refractivity contribution in [2.45, 2.75) is 58.0 Å². The number of hydrogen-bond donors (Lipinski definition) is 2. The zero-order chi connectivity index (χ0) is 25.8. The summed E-state index contributed by atoms with van der Waals surface area (Å²) in [4.78, 5) is 37.6. The van der Waals surface area contributed by atoms with Gasteiger partial charge in [-0.05, 0) is 49.8 Å². The summed E-state index contributed by atoms with van der Waals surface area (Å²) in [5.41, 5.74) is 3.26. The lowest BCUT2D eigenvalue weighted by atomic mass is 10.00. The number of benzene rings is 1. The molecule has 0 spiro atoms. The molecule has 2 amide bonds. The van der Waals surface area contributed by atoms with Gasteiger partial charge in [0.25, 0.3) is 5.56 Å². The molecule has 5 rings (SSSR count). The van der Waals surface area contributed by atoms with E-state index in [9.17, 15) is 9.59 Å². The standard InChI is InChI=1S/C28H36N6O3/c1-3-4-12-29-28(36)33-13-9-21(18-33)31-27-30-17-20-16-24(23-8-6-5-7-19(23)2)26(35)34(25(20)32-27)22-10-14-37-15-11-22/h5-8,16-17,21-22H,3-4,9-15,18H2,1-2H3,(H,29,36)(H,30,31,32). The highest BCUT2D eigenvalue weighted by molar-refractivity contribution is 5.82. The number of amides is 2. The number of nitrogens with zero attached hydrogens (tertiary/aromatic N) is 4. The van der Waals surface area contributed by atoms with E-state index in [-0.39, 0.29) is 23.7 Å². The molecule has 196 valence electrons. The molecule has 1 unspecified atom stereocenters. The van der Waals surface area contributed by atoms with Crippen LogP contribution in [0.2, 0.25) is 0 Å². The number of aromatic nitrogens is 3. The average Bonchev–Trinajstić information content (AvgIpc) is 3.38. The molecule has 1 atom stereocenters. The number of hydrogen-bond acceptors (Lipinski definition) is 6. The molecule has 2 N–H and O–H groups in total. The lowest BCUT2D eigenvalue weighted by molar-refractivity contribution is 0.0697. The third-order valence-electron chi connectivity index (χ3n) is 7.38. The molecule has 4 heterocycles. The van der Waals surface area contributed by atoms with E-state index in [2.05, 4.69) is 22.5 Å². The lowest BCUT2D eigenvalue weighted by Crippen LogP contribution is -2.40. The van der Waals surface area contributed by atoms with Crippen LogP contribution in [-0.2, 0) is 4.74 Å². The van der Waals surface area contributed by atoms with E-state index in [1.165, 1.54) is 0 Å². The van der Waals surface area contributed by atoms with E-state index < -0.39 is 0 Å². The van der Waals surface area contributed by atoms with Crippen LogP contribution in [0, 0.1) is 6.92 Å². The minimum Gasteiger partial charge on any atom is -0.381 e. The Morgan fingerprint density at radius 3 is 2.76 bits per heavy atom. The van der Waals surface area contributed by atoms with Gasteiger partial charge in [0.05, 0.1) is 0 Å². The highest BCUT2D eigenvalue weighted by Gasteiger charge is 2.27. The molecule has 2 fully saturated rings. The number of carbonyl (C=O) groups excluding carboxylic acids is 1. The van der Waals surface area contributed by atoms with Gasteiger partial charge in [0.2, 0.25) is 5.95 Å². The minimum atomic E-state index is -0.0332. The molecule has 1 aromatic carbocycles. The second kappa shape index (κ2) is 11.3. The molecule has 0 aliphatic carbocycles. The SMILES string of the molecule is CCCCNC(=O)N1CCC(Nc2ncc3cc(-c4ccccc4C)c(=O)n(C4CCOCC4)c3n2)C1. The Morgan fingerprint density at radius 1 is 1.16 bits per heavy atom. The van der Waals surface area contributed by atoms with Crippen molar-refractivity contribution in [3.05, 3.63) is 52.4 Å². The third kappa shape index (κ3) is 5.46. The zero-order valence-corrected chi connectivity index (χ0v) is 21.7. The van der Waals surface area contributed by atoms with Crippen molar-refractivity contribution in [3.63, 3.8) is 0 Å². The average molecular weight is 505 g/mol. The maximum atomic E-state index is 13.9. The van der Waals surface area contributed by atoms with Crippen molar-refractivity contribution in [2.75, 3.05) is 38.2 Å². The van der Waals surface area contributed by atoms with Crippen LogP contribution in [0.3, 0.4) is 0 Å². The molecule has 2 aliphatic rings. The summed E-state index contributed by atoms with van der Waals surface area (Å²) < 4.78 is 7.44. The van der Waals surface area contributed by atoms with Crippen LogP contribution in [-0.4, -0.2) is 64.4 Å². The summed E-state index contributed by atoms with van der Waals surface area (Å²) >= 11 is 0. The van der Waals surface area contributed by atoms with Crippen molar-refractivity contribution in [1.82, 2.24) is 24.8 Å². The van der Waals surface area contributed by atoms with Gasteiger partial charge in [-0.15, -0.1) is 0 Å². The third-order valence-corrected chi connectivity index (χ3v) is 7.38. The normalized spacial score (nSPS) is 18.3. The quantitative estimate of drug-likeness (QED) is 0.470. The molecule has 37 heavy (non-hydrogen) atoms. The summed E-state index contributed by atoms with van der Waals surface area (Å²) in [6.07, 6.45) is 6.18. The highest BCUT2D eigenvalue weighted by Crippen LogP contribution is 2.28. The second-order valence-electron chi connectivity index (χ2n) is 10.0. The number of nitrogens with one attached hydrogen (secondary N) is 2. The fraction of sp³-hybridized carbons (Fsp3) is 0.500.